The largest absolute Gasteiger partial charge is 0.496 e. The van der Waals surface area contributed by atoms with Crippen LogP contribution < -0.4 is 9.47 Å². The van der Waals surface area contributed by atoms with Gasteiger partial charge >= 0.3 is 0 Å². The van der Waals surface area contributed by atoms with Gasteiger partial charge in [0, 0.05) is 12.0 Å². The highest BCUT2D eigenvalue weighted by Crippen LogP contribution is 2.36. The molecule has 1 heterocycles. The van der Waals surface area contributed by atoms with E-state index in [1.807, 2.05) is 18.2 Å². The lowest BCUT2D eigenvalue weighted by Crippen LogP contribution is -2.11. The summed E-state index contributed by atoms with van der Waals surface area (Å²) in [6.45, 7) is 0. The van der Waals surface area contributed by atoms with E-state index in [-0.39, 0.29) is 6.10 Å². The van der Waals surface area contributed by atoms with Crippen molar-refractivity contribution in [1.82, 2.24) is 0 Å². The lowest BCUT2D eigenvalue weighted by molar-refractivity contribution is 0.238. The molecule has 0 aliphatic carbocycles. The number of nitriles is 1. The summed E-state index contributed by atoms with van der Waals surface area (Å²) in [5.74, 6) is 1.70. The summed E-state index contributed by atoms with van der Waals surface area (Å²) in [7, 11) is 1.65. The van der Waals surface area contributed by atoms with Crippen LogP contribution in [-0.2, 0) is 6.42 Å². The van der Waals surface area contributed by atoms with Crippen LogP contribution in [0, 0.1) is 11.3 Å². The van der Waals surface area contributed by atoms with Crippen LogP contribution in [0.5, 0.6) is 11.5 Å². The van der Waals surface area contributed by atoms with Gasteiger partial charge in [0.05, 0.1) is 19.6 Å². The minimum absolute atomic E-state index is 0.00806. The topological polar surface area (TPSA) is 42.2 Å². The molecule has 0 saturated carbocycles. The first-order valence-electron chi connectivity index (χ1n) is 4.54. The molecule has 1 atom stereocenters. The third-order valence-corrected chi connectivity index (χ3v) is 2.35. The molecule has 14 heavy (non-hydrogen) atoms. The molecule has 1 aromatic carbocycles. The molecule has 0 spiro atoms. The summed E-state index contributed by atoms with van der Waals surface area (Å²) in [4.78, 5) is 0. The Hall–Kier alpha value is -1.69. The molecule has 0 fully saturated rings. The maximum Gasteiger partial charge on any atom is 0.126 e. The van der Waals surface area contributed by atoms with Gasteiger partial charge in [-0.25, -0.2) is 0 Å². The van der Waals surface area contributed by atoms with Gasteiger partial charge in [0.15, 0.2) is 0 Å². The third kappa shape index (κ3) is 1.39. The van der Waals surface area contributed by atoms with Gasteiger partial charge in [-0.3, -0.25) is 0 Å². The smallest absolute Gasteiger partial charge is 0.126 e. The fourth-order valence-electron chi connectivity index (χ4n) is 1.71. The van der Waals surface area contributed by atoms with Gasteiger partial charge in [0.1, 0.15) is 17.6 Å². The first kappa shape index (κ1) is 8.89. The number of nitrogens with zero attached hydrogens (tertiary/aromatic N) is 1. The number of benzene rings is 1. The number of ether oxygens (including phenoxy) is 2. The van der Waals surface area contributed by atoms with Gasteiger partial charge < -0.3 is 9.47 Å². The fraction of sp³-hybridized carbons (Fsp3) is 0.364. The molecule has 1 aromatic rings. The van der Waals surface area contributed by atoms with Crippen molar-refractivity contribution in [2.24, 2.45) is 0 Å². The summed E-state index contributed by atoms with van der Waals surface area (Å²) in [6, 6.07) is 7.84. The molecule has 3 heteroatoms. The lowest BCUT2D eigenvalue weighted by atomic mass is 10.1. The minimum Gasteiger partial charge on any atom is -0.496 e. The monoisotopic (exact) mass is 189 g/mol. The Morgan fingerprint density at radius 3 is 3.21 bits per heavy atom. The molecule has 0 bridgehead atoms. The van der Waals surface area contributed by atoms with Gasteiger partial charge in [-0.15, -0.1) is 0 Å². The molecular weight excluding hydrogens is 178 g/mol. The van der Waals surface area contributed by atoms with Crippen LogP contribution in [0.4, 0.5) is 0 Å². The Bertz CT molecular complexity index is 381. The van der Waals surface area contributed by atoms with E-state index in [1.54, 1.807) is 7.11 Å². The SMILES string of the molecule is COc1cccc2c1CC(CC#N)O2. The van der Waals surface area contributed by atoms with Crippen molar-refractivity contribution in [3.63, 3.8) is 0 Å². The molecule has 3 nitrogen and oxygen atoms in total. The Kier molecular flexibility index (Phi) is 2.28. The van der Waals surface area contributed by atoms with Crippen molar-refractivity contribution in [2.45, 2.75) is 18.9 Å². The Labute approximate surface area is 82.9 Å². The second kappa shape index (κ2) is 3.59. The molecule has 0 amide bonds. The van der Waals surface area contributed by atoms with E-state index >= 15 is 0 Å². The van der Waals surface area contributed by atoms with Crippen LogP contribution in [-0.4, -0.2) is 13.2 Å². The van der Waals surface area contributed by atoms with E-state index in [1.165, 1.54) is 0 Å². The first-order valence-corrected chi connectivity index (χ1v) is 4.54. The van der Waals surface area contributed by atoms with Gasteiger partial charge in [0.25, 0.3) is 0 Å². The Morgan fingerprint density at radius 2 is 2.50 bits per heavy atom. The summed E-state index contributed by atoms with van der Waals surface area (Å²) < 4.78 is 10.8. The van der Waals surface area contributed by atoms with Crippen molar-refractivity contribution in [3.8, 4) is 17.6 Å². The minimum atomic E-state index is -0.00806. The molecule has 0 aromatic heterocycles. The molecule has 72 valence electrons. The maximum atomic E-state index is 8.57. The Balaban J connectivity index is 2.26. The summed E-state index contributed by atoms with van der Waals surface area (Å²) >= 11 is 0. The average molecular weight is 189 g/mol. The predicted octanol–water partition coefficient (Wildman–Crippen LogP) is 1.91. The molecule has 1 aliphatic rings. The normalized spacial score (nSPS) is 18.1. The van der Waals surface area contributed by atoms with Gasteiger partial charge in [-0.2, -0.15) is 5.26 Å². The molecular formula is C11H11NO2. The van der Waals surface area contributed by atoms with Crippen LogP contribution in [0.2, 0.25) is 0 Å². The van der Waals surface area contributed by atoms with Gasteiger partial charge in [0.2, 0.25) is 0 Å². The first-order chi connectivity index (χ1) is 6.85. The number of hydrogen-bond acceptors (Lipinski definition) is 3. The zero-order chi connectivity index (χ0) is 9.97. The van der Waals surface area contributed by atoms with Crippen molar-refractivity contribution in [3.05, 3.63) is 23.8 Å². The lowest BCUT2D eigenvalue weighted by Gasteiger charge is -2.04. The average Bonchev–Trinajstić information content (AvgIpc) is 2.60. The summed E-state index contributed by atoms with van der Waals surface area (Å²) in [6.07, 6.45) is 1.19. The molecule has 0 N–H and O–H groups in total. The van der Waals surface area contributed by atoms with E-state index < -0.39 is 0 Å². The molecule has 1 aliphatic heterocycles. The fourth-order valence-corrected chi connectivity index (χ4v) is 1.71. The highest BCUT2D eigenvalue weighted by Gasteiger charge is 2.25. The Morgan fingerprint density at radius 1 is 1.64 bits per heavy atom. The van der Waals surface area contributed by atoms with E-state index in [4.69, 9.17) is 14.7 Å². The van der Waals surface area contributed by atoms with Crippen LogP contribution >= 0.6 is 0 Å². The summed E-state index contributed by atoms with van der Waals surface area (Å²) in [5, 5.41) is 8.57. The predicted molar refractivity (Wildman–Crippen MR) is 51.3 cm³/mol. The van der Waals surface area contributed by atoms with E-state index in [2.05, 4.69) is 6.07 Å². The number of rotatable bonds is 2. The number of fused-ring (bicyclic) bond motifs is 1. The highest BCUT2D eigenvalue weighted by molar-refractivity contribution is 5.47. The van der Waals surface area contributed by atoms with E-state index in [0.29, 0.717) is 6.42 Å². The molecule has 0 saturated heterocycles. The van der Waals surface area contributed by atoms with Crippen LogP contribution in [0.25, 0.3) is 0 Å². The second-order valence-electron chi connectivity index (χ2n) is 3.24. The zero-order valence-corrected chi connectivity index (χ0v) is 7.99. The highest BCUT2D eigenvalue weighted by atomic mass is 16.5. The number of methoxy groups -OCH3 is 1. The maximum absolute atomic E-state index is 8.57. The van der Waals surface area contributed by atoms with Crippen LogP contribution in [0.3, 0.4) is 0 Å². The van der Waals surface area contributed by atoms with E-state index in [9.17, 15) is 0 Å². The quantitative estimate of drug-likeness (QED) is 0.713. The van der Waals surface area contributed by atoms with Crippen molar-refractivity contribution in [2.75, 3.05) is 7.11 Å². The van der Waals surface area contributed by atoms with Gasteiger partial charge in [-0.05, 0) is 12.1 Å². The van der Waals surface area contributed by atoms with Crippen molar-refractivity contribution >= 4 is 0 Å². The van der Waals surface area contributed by atoms with Gasteiger partial charge in [-0.1, -0.05) is 6.07 Å². The van der Waals surface area contributed by atoms with Crippen LogP contribution in [0.15, 0.2) is 18.2 Å². The van der Waals surface area contributed by atoms with E-state index in [0.717, 1.165) is 23.5 Å². The zero-order valence-electron chi connectivity index (χ0n) is 7.99. The van der Waals surface area contributed by atoms with Crippen LogP contribution in [0.1, 0.15) is 12.0 Å². The molecule has 0 radical (unpaired) electrons. The standard InChI is InChI=1S/C11H11NO2/c1-13-10-3-2-4-11-9(10)7-8(14-11)5-6-12/h2-4,8H,5,7H2,1H3. The molecule has 1 unspecified atom stereocenters. The molecule has 2 rings (SSSR count). The van der Waals surface area contributed by atoms with Crippen molar-refractivity contribution < 1.29 is 9.47 Å². The number of hydrogen-bond donors (Lipinski definition) is 0. The summed E-state index contributed by atoms with van der Waals surface area (Å²) in [5.41, 5.74) is 1.08. The second-order valence-corrected chi connectivity index (χ2v) is 3.24. The van der Waals surface area contributed by atoms with Crippen molar-refractivity contribution in [1.29, 1.82) is 5.26 Å². The third-order valence-electron chi connectivity index (χ3n) is 2.35.